The van der Waals surface area contributed by atoms with Crippen LogP contribution in [0.5, 0.6) is 0 Å². The summed E-state index contributed by atoms with van der Waals surface area (Å²) in [7, 11) is 0. The maximum Gasteiger partial charge on any atom is 0.212 e. The second-order valence-corrected chi connectivity index (χ2v) is 11.3. The monoisotopic (exact) mass is 624 g/mol. The van der Waals surface area contributed by atoms with Gasteiger partial charge in [-0.1, -0.05) is 15.7 Å². The molecule has 3 atom stereocenters. The van der Waals surface area contributed by atoms with Gasteiger partial charge < -0.3 is 4.52 Å². The summed E-state index contributed by atoms with van der Waals surface area (Å²) in [5, 5.41) is 35.7. The van der Waals surface area contributed by atoms with Crippen molar-refractivity contribution < 1.29 is 4.52 Å². The molecule has 0 aliphatic carbocycles. The Bertz CT molecular complexity index is 1900. The molecule has 7 aromatic rings. The first kappa shape index (κ1) is 25.5. The van der Waals surface area contributed by atoms with Gasteiger partial charge in [-0.25, -0.2) is 20.0 Å². The molecule has 1 aliphatic heterocycles. The molecular weight excluding hydrogens is 609 g/mol. The van der Waals surface area contributed by atoms with E-state index in [1.165, 1.54) is 40.7 Å². The number of nitrogens with zero attached hydrogens (tertiary/aromatic N) is 14. The van der Waals surface area contributed by atoms with Crippen molar-refractivity contribution in [2.75, 3.05) is 10.0 Å². The van der Waals surface area contributed by atoms with Crippen molar-refractivity contribution in [3.8, 4) is 0 Å². The molecule has 0 N–H and O–H groups in total. The molecule has 0 radical (unpaired) electrons. The fourth-order valence-electron chi connectivity index (χ4n) is 5.90. The highest BCUT2D eigenvalue weighted by Crippen LogP contribution is 2.67. The van der Waals surface area contributed by atoms with Crippen LogP contribution in [-0.2, 0) is 11.0 Å². The fraction of sp³-hybridized carbons (Fsp3) is 0.120. The van der Waals surface area contributed by atoms with E-state index in [1.807, 2.05) is 50.4 Å². The van der Waals surface area contributed by atoms with Gasteiger partial charge in [-0.15, -0.1) is 26.6 Å². The van der Waals surface area contributed by atoms with Crippen molar-refractivity contribution in [2.24, 2.45) is 0 Å². The van der Waals surface area contributed by atoms with Gasteiger partial charge >= 0.3 is 0 Å². The van der Waals surface area contributed by atoms with Crippen LogP contribution in [0.3, 0.4) is 0 Å². The van der Waals surface area contributed by atoms with Gasteiger partial charge in [0.25, 0.3) is 0 Å². The van der Waals surface area contributed by atoms with E-state index in [4.69, 9.17) is 28.8 Å². The fourth-order valence-corrected chi connectivity index (χ4v) is 7.79. The van der Waals surface area contributed by atoms with Crippen molar-refractivity contribution >= 4 is 46.0 Å². The second-order valence-electron chi connectivity index (χ2n) is 9.16. The van der Waals surface area contributed by atoms with Crippen LogP contribution in [-0.4, -0.2) is 59.7 Å². The van der Waals surface area contributed by atoms with E-state index >= 15 is 0 Å². The first-order valence-electron chi connectivity index (χ1n) is 12.6. The normalized spacial score (nSPS) is 21.8. The van der Waals surface area contributed by atoms with Crippen LogP contribution in [0.1, 0.15) is 34.0 Å². The number of hydrogen-bond acceptors (Lipinski definition) is 18. The highest BCUT2D eigenvalue weighted by atomic mass is 32.1. The van der Waals surface area contributed by atoms with E-state index in [0.29, 0.717) is 39.5 Å². The van der Waals surface area contributed by atoms with Gasteiger partial charge in [0, 0.05) is 40.8 Å². The molecule has 0 amide bonds. The number of anilines is 2. The molecule has 210 valence electrons. The van der Waals surface area contributed by atoms with Crippen LogP contribution >= 0.6 is 34.4 Å². The van der Waals surface area contributed by atoms with Gasteiger partial charge in [-0.05, 0) is 58.6 Å². The average molecular weight is 625 g/mol. The van der Waals surface area contributed by atoms with Crippen molar-refractivity contribution in [1.29, 1.82) is 0 Å². The molecule has 7 aromatic heterocycles. The molecule has 0 spiro atoms. The second kappa shape index (κ2) is 10.3. The molecule has 8 heterocycles. The van der Waals surface area contributed by atoms with Crippen LogP contribution in [0, 0.1) is 0 Å². The summed E-state index contributed by atoms with van der Waals surface area (Å²) in [5.41, 5.74) is -1.05. The van der Waals surface area contributed by atoms with Crippen LogP contribution in [0.25, 0.3) is 0 Å². The molecule has 0 saturated carbocycles. The Morgan fingerprint density at radius 2 is 1.72 bits per heavy atom. The standard InChI is InChI=1S/C25H16N14OS3/c1-2-7-26-16(4-1)21-24(23-29-11-13-41-23,22-27-8-3-9-28-22)25(18-6-12-42-34-18,17-5-10-30-35-31-17)39(19-14-40-36-32-19)38(21)20-15-43-37-33-20/h1-15,21H. The lowest BCUT2D eigenvalue weighted by molar-refractivity contribution is 0.298. The minimum atomic E-state index is -1.44. The zero-order chi connectivity index (χ0) is 28.7. The summed E-state index contributed by atoms with van der Waals surface area (Å²) in [6.07, 6.45) is 9.92. The summed E-state index contributed by atoms with van der Waals surface area (Å²) in [4.78, 5) is 19.7. The molecule has 8 rings (SSSR count). The number of thiazole rings is 1. The van der Waals surface area contributed by atoms with Crippen LogP contribution in [0.2, 0.25) is 0 Å². The average Bonchev–Trinajstić information content (AvgIpc) is 3.91. The predicted molar refractivity (Wildman–Crippen MR) is 154 cm³/mol. The van der Waals surface area contributed by atoms with E-state index in [9.17, 15) is 0 Å². The third-order valence-corrected chi connectivity index (χ3v) is 9.21. The Kier molecular flexibility index (Phi) is 6.09. The van der Waals surface area contributed by atoms with Crippen LogP contribution < -0.4 is 10.0 Å². The number of pyridine rings is 1. The Balaban J connectivity index is 1.66. The van der Waals surface area contributed by atoms with Gasteiger partial charge in [-0.2, -0.15) is 4.37 Å². The summed E-state index contributed by atoms with van der Waals surface area (Å²) < 4.78 is 14.5. The molecular formula is C25H16N14OS3. The van der Waals surface area contributed by atoms with Gasteiger partial charge in [0.2, 0.25) is 5.82 Å². The van der Waals surface area contributed by atoms with E-state index in [2.05, 4.69) is 35.4 Å². The van der Waals surface area contributed by atoms with Crippen molar-refractivity contribution in [3.63, 3.8) is 0 Å². The topological polar surface area (TPSA) is 174 Å². The van der Waals surface area contributed by atoms with E-state index in [-0.39, 0.29) is 0 Å². The first-order chi connectivity index (χ1) is 21.4. The molecule has 1 fully saturated rings. The summed E-state index contributed by atoms with van der Waals surface area (Å²) >= 11 is 3.95. The molecule has 15 nitrogen and oxygen atoms in total. The molecule has 0 aromatic carbocycles. The molecule has 3 unspecified atom stereocenters. The molecule has 0 bridgehead atoms. The Morgan fingerprint density at radius 3 is 2.40 bits per heavy atom. The summed E-state index contributed by atoms with van der Waals surface area (Å²) in [6.45, 7) is 0. The molecule has 1 saturated heterocycles. The number of aromatic nitrogens is 12. The minimum Gasteiger partial charge on any atom is -0.343 e. The first-order valence-corrected chi connectivity index (χ1v) is 15.2. The third-order valence-electron chi connectivity index (χ3n) is 7.25. The Morgan fingerprint density at radius 1 is 0.791 bits per heavy atom. The van der Waals surface area contributed by atoms with Gasteiger partial charge in [0.05, 0.1) is 23.0 Å². The SMILES string of the molecule is c1ccc(C2N(c3csnn3)N(c3conn3)C(c3ccnnn3)(c3ccsn3)C2(c2ncccn2)c2nccs2)nc1. The van der Waals surface area contributed by atoms with Gasteiger partial charge in [0.1, 0.15) is 28.0 Å². The smallest absolute Gasteiger partial charge is 0.212 e. The summed E-state index contributed by atoms with van der Waals surface area (Å²) in [6, 6.07) is 10.5. The lowest BCUT2D eigenvalue weighted by Gasteiger charge is -2.45. The zero-order valence-electron chi connectivity index (χ0n) is 21.6. The number of hydrazine groups is 1. The van der Waals surface area contributed by atoms with E-state index in [1.54, 1.807) is 43.1 Å². The highest BCUT2D eigenvalue weighted by Gasteiger charge is 2.77. The molecule has 43 heavy (non-hydrogen) atoms. The van der Waals surface area contributed by atoms with E-state index < -0.39 is 17.0 Å². The largest absolute Gasteiger partial charge is 0.343 e. The van der Waals surface area contributed by atoms with Crippen LogP contribution in [0.15, 0.2) is 94.3 Å². The predicted octanol–water partition coefficient (Wildman–Crippen LogP) is 3.12. The minimum absolute atomic E-state index is 0.329. The Labute approximate surface area is 254 Å². The quantitative estimate of drug-likeness (QED) is 0.253. The van der Waals surface area contributed by atoms with Crippen molar-refractivity contribution in [2.45, 2.75) is 17.0 Å². The number of hydrogen-bond donors (Lipinski definition) is 0. The number of rotatable bonds is 7. The third kappa shape index (κ3) is 3.57. The molecule has 18 heteroatoms. The highest BCUT2D eigenvalue weighted by molar-refractivity contribution is 7.09. The van der Waals surface area contributed by atoms with Gasteiger partial charge in [0.15, 0.2) is 17.6 Å². The van der Waals surface area contributed by atoms with Crippen molar-refractivity contribution in [3.05, 3.63) is 118 Å². The Hall–Kier alpha value is -5.20. The van der Waals surface area contributed by atoms with Crippen molar-refractivity contribution in [1.82, 2.24) is 59.7 Å². The van der Waals surface area contributed by atoms with E-state index in [0.717, 1.165) is 0 Å². The lowest BCUT2D eigenvalue weighted by atomic mass is 9.61. The molecule has 1 aliphatic rings. The van der Waals surface area contributed by atoms with Crippen LogP contribution in [0.4, 0.5) is 11.6 Å². The maximum absolute atomic E-state index is 5.36. The lowest BCUT2D eigenvalue weighted by Crippen LogP contribution is -2.58. The zero-order valence-corrected chi connectivity index (χ0v) is 24.1. The summed E-state index contributed by atoms with van der Waals surface area (Å²) in [5.74, 6) is 1.26. The van der Waals surface area contributed by atoms with Gasteiger partial charge in [-0.3, -0.25) is 9.99 Å². The maximum atomic E-state index is 5.36.